The topological polar surface area (TPSA) is 34.4 Å². The Labute approximate surface area is 117 Å². The number of ether oxygens (including phenoxy) is 1. The molecule has 3 nitrogen and oxygen atoms in total. The predicted octanol–water partition coefficient (Wildman–Crippen LogP) is 4.04. The molecule has 2 unspecified atom stereocenters. The molecule has 2 atom stereocenters. The van der Waals surface area contributed by atoms with Gasteiger partial charge in [-0.15, -0.1) is 0 Å². The number of hydrogen-bond donors (Lipinski definition) is 1. The largest absolute Gasteiger partial charge is 0.466 e. The first kappa shape index (κ1) is 14.1. The molecule has 102 valence electrons. The van der Waals surface area contributed by atoms with Crippen molar-refractivity contribution in [1.82, 2.24) is 5.32 Å². The van der Waals surface area contributed by atoms with Gasteiger partial charge in [0.25, 0.3) is 0 Å². The van der Waals surface area contributed by atoms with E-state index in [1.807, 2.05) is 6.07 Å². The van der Waals surface area contributed by atoms with Gasteiger partial charge in [0.1, 0.15) is 5.76 Å². The highest BCUT2D eigenvalue weighted by molar-refractivity contribution is 9.10. The monoisotopic (exact) mass is 315 g/mol. The second-order valence-corrected chi connectivity index (χ2v) is 5.71. The molecule has 18 heavy (non-hydrogen) atoms. The zero-order valence-corrected chi connectivity index (χ0v) is 12.5. The highest BCUT2D eigenvalue weighted by atomic mass is 79.9. The van der Waals surface area contributed by atoms with Crippen LogP contribution >= 0.6 is 15.9 Å². The fourth-order valence-corrected chi connectivity index (χ4v) is 2.90. The van der Waals surface area contributed by atoms with Gasteiger partial charge in [0.2, 0.25) is 0 Å². The van der Waals surface area contributed by atoms with Gasteiger partial charge in [0.05, 0.1) is 22.9 Å². The summed E-state index contributed by atoms with van der Waals surface area (Å²) in [6, 6.07) is 2.25. The van der Waals surface area contributed by atoms with Crippen LogP contribution in [0.5, 0.6) is 0 Å². The van der Waals surface area contributed by atoms with Gasteiger partial charge in [0.15, 0.2) is 0 Å². The van der Waals surface area contributed by atoms with E-state index < -0.39 is 0 Å². The van der Waals surface area contributed by atoms with E-state index in [1.54, 1.807) is 6.26 Å². The summed E-state index contributed by atoms with van der Waals surface area (Å²) in [6.45, 7) is 4.13. The van der Waals surface area contributed by atoms with Crippen LogP contribution in [0.3, 0.4) is 0 Å². The van der Waals surface area contributed by atoms with Crippen LogP contribution < -0.4 is 5.32 Å². The van der Waals surface area contributed by atoms with Crippen LogP contribution in [-0.2, 0) is 4.74 Å². The zero-order chi connectivity index (χ0) is 12.8. The van der Waals surface area contributed by atoms with E-state index in [9.17, 15) is 0 Å². The summed E-state index contributed by atoms with van der Waals surface area (Å²) < 4.78 is 12.3. The summed E-state index contributed by atoms with van der Waals surface area (Å²) in [6.07, 6.45) is 7.92. The minimum Gasteiger partial charge on any atom is -0.466 e. The molecule has 0 saturated carbocycles. The van der Waals surface area contributed by atoms with Crippen molar-refractivity contribution in [1.29, 1.82) is 0 Å². The van der Waals surface area contributed by atoms with Crippen LogP contribution in [0.4, 0.5) is 0 Å². The second kappa shape index (κ2) is 7.31. The van der Waals surface area contributed by atoms with Crippen LogP contribution in [-0.4, -0.2) is 19.3 Å². The number of nitrogens with one attached hydrogen (secondary N) is 1. The summed E-state index contributed by atoms with van der Waals surface area (Å²) in [5.74, 6) is 1.02. The molecule has 1 aromatic heterocycles. The first-order valence-corrected chi connectivity index (χ1v) is 7.68. The maximum atomic E-state index is 5.69. The predicted molar refractivity (Wildman–Crippen MR) is 75.7 cm³/mol. The Hall–Kier alpha value is -0.320. The van der Waals surface area contributed by atoms with Gasteiger partial charge in [-0.05, 0) is 60.6 Å². The van der Waals surface area contributed by atoms with Crippen LogP contribution in [0.25, 0.3) is 0 Å². The van der Waals surface area contributed by atoms with Crippen LogP contribution in [0.15, 0.2) is 21.2 Å². The van der Waals surface area contributed by atoms with E-state index in [2.05, 4.69) is 28.2 Å². The molecule has 0 aromatic carbocycles. The van der Waals surface area contributed by atoms with E-state index >= 15 is 0 Å². The molecule has 0 radical (unpaired) electrons. The molecule has 1 fully saturated rings. The Kier molecular flexibility index (Phi) is 5.73. The molecule has 1 N–H and O–H groups in total. The smallest absolute Gasteiger partial charge is 0.134 e. The third-order valence-electron chi connectivity index (χ3n) is 3.40. The van der Waals surface area contributed by atoms with Crippen LogP contribution in [0.2, 0.25) is 0 Å². The maximum absolute atomic E-state index is 5.69. The normalized spacial score (nSPS) is 21.3. The van der Waals surface area contributed by atoms with Crippen molar-refractivity contribution in [3.63, 3.8) is 0 Å². The number of furan rings is 1. The van der Waals surface area contributed by atoms with Gasteiger partial charge in [-0.25, -0.2) is 0 Å². The highest BCUT2D eigenvalue weighted by Crippen LogP contribution is 2.29. The second-order valence-electron chi connectivity index (χ2n) is 4.85. The molecule has 0 bridgehead atoms. The maximum Gasteiger partial charge on any atom is 0.134 e. The Balaban J connectivity index is 1.90. The van der Waals surface area contributed by atoms with E-state index in [-0.39, 0.29) is 0 Å². The molecule has 2 heterocycles. The summed E-state index contributed by atoms with van der Waals surface area (Å²) in [7, 11) is 0. The summed E-state index contributed by atoms with van der Waals surface area (Å²) in [5, 5.41) is 3.56. The lowest BCUT2D eigenvalue weighted by Gasteiger charge is -2.18. The number of rotatable bonds is 7. The first-order chi connectivity index (χ1) is 8.81. The van der Waals surface area contributed by atoms with Gasteiger partial charge in [-0.1, -0.05) is 6.92 Å². The highest BCUT2D eigenvalue weighted by Gasteiger charge is 2.21. The third kappa shape index (κ3) is 3.84. The minimum atomic E-state index is 0.290. The van der Waals surface area contributed by atoms with Crippen molar-refractivity contribution in [2.24, 2.45) is 0 Å². The molecule has 2 rings (SSSR count). The molecule has 4 heteroatoms. The Morgan fingerprint density at radius 2 is 2.44 bits per heavy atom. The van der Waals surface area contributed by atoms with Crippen molar-refractivity contribution >= 4 is 15.9 Å². The Morgan fingerprint density at radius 3 is 3.06 bits per heavy atom. The lowest BCUT2D eigenvalue weighted by molar-refractivity contribution is 0.0988. The van der Waals surface area contributed by atoms with E-state index in [4.69, 9.17) is 9.15 Å². The third-order valence-corrected chi connectivity index (χ3v) is 4.06. The van der Waals surface area contributed by atoms with Gasteiger partial charge in [-0.3, -0.25) is 0 Å². The molecular formula is C14H22BrNO2. The SMILES string of the molecule is CCCNC(CCC1CCCO1)c1occc1Br. The van der Waals surface area contributed by atoms with Gasteiger partial charge < -0.3 is 14.5 Å². The van der Waals surface area contributed by atoms with Crippen molar-refractivity contribution in [2.45, 2.75) is 51.2 Å². The van der Waals surface area contributed by atoms with Gasteiger partial charge in [0, 0.05) is 6.61 Å². The molecule has 0 aliphatic carbocycles. The first-order valence-electron chi connectivity index (χ1n) is 6.89. The van der Waals surface area contributed by atoms with Gasteiger partial charge in [-0.2, -0.15) is 0 Å². The average molecular weight is 316 g/mol. The molecule has 0 spiro atoms. The summed E-state index contributed by atoms with van der Waals surface area (Å²) in [4.78, 5) is 0. The molecule has 0 amide bonds. The summed E-state index contributed by atoms with van der Waals surface area (Å²) >= 11 is 3.55. The summed E-state index contributed by atoms with van der Waals surface area (Å²) in [5.41, 5.74) is 0. The minimum absolute atomic E-state index is 0.290. The Bertz CT molecular complexity index is 347. The number of hydrogen-bond acceptors (Lipinski definition) is 3. The van der Waals surface area contributed by atoms with Crippen molar-refractivity contribution < 1.29 is 9.15 Å². The zero-order valence-electron chi connectivity index (χ0n) is 11.0. The van der Waals surface area contributed by atoms with E-state index in [0.29, 0.717) is 12.1 Å². The Morgan fingerprint density at radius 1 is 1.56 bits per heavy atom. The van der Waals surface area contributed by atoms with E-state index in [0.717, 1.165) is 42.6 Å². The quantitative estimate of drug-likeness (QED) is 0.824. The van der Waals surface area contributed by atoms with Crippen molar-refractivity contribution in [2.75, 3.05) is 13.2 Å². The van der Waals surface area contributed by atoms with Gasteiger partial charge >= 0.3 is 0 Å². The average Bonchev–Trinajstić information content (AvgIpc) is 3.01. The fourth-order valence-electron chi connectivity index (χ4n) is 2.42. The lowest BCUT2D eigenvalue weighted by Crippen LogP contribution is -2.23. The molecular weight excluding hydrogens is 294 g/mol. The van der Waals surface area contributed by atoms with E-state index in [1.165, 1.54) is 12.8 Å². The standard InChI is InChI=1S/C14H22BrNO2/c1-2-8-16-13(14-12(15)7-10-18-14)6-5-11-4-3-9-17-11/h7,10-11,13,16H,2-6,8-9H2,1H3. The van der Waals surface area contributed by atoms with Crippen molar-refractivity contribution in [3.05, 3.63) is 22.6 Å². The van der Waals surface area contributed by atoms with Crippen LogP contribution in [0, 0.1) is 0 Å². The fraction of sp³-hybridized carbons (Fsp3) is 0.714. The molecule has 1 aliphatic rings. The number of halogens is 1. The molecule has 1 aliphatic heterocycles. The molecule has 1 saturated heterocycles. The van der Waals surface area contributed by atoms with Crippen LogP contribution in [0.1, 0.15) is 50.8 Å². The van der Waals surface area contributed by atoms with Crippen molar-refractivity contribution in [3.8, 4) is 0 Å². The lowest BCUT2D eigenvalue weighted by atomic mass is 10.0. The molecule has 1 aromatic rings.